The van der Waals surface area contributed by atoms with E-state index in [0.29, 0.717) is 38.2 Å². The van der Waals surface area contributed by atoms with Crippen molar-refractivity contribution >= 4 is 44.6 Å². The number of benzene rings is 1. The third kappa shape index (κ3) is 7.86. The molecule has 3 N–H and O–H groups in total. The van der Waals surface area contributed by atoms with Gasteiger partial charge in [0, 0.05) is 35.7 Å². The largest absolute Gasteiger partial charge is 0.492 e. The van der Waals surface area contributed by atoms with Gasteiger partial charge in [-0.2, -0.15) is 0 Å². The predicted molar refractivity (Wildman–Crippen MR) is 204 cm³/mol. The summed E-state index contributed by atoms with van der Waals surface area (Å²) in [5.74, 6) is -1.42. The predicted octanol–water partition coefficient (Wildman–Crippen LogP) is 4.30. The van der Waals surface area contributed by atoms with Gasteiger partial charge in [-0.3, -0.25) is 19.1 Å². The maximum absolute atomic E-state index is 14.8. The van der Waals surface area contributed by atoms with E-state index < -0.39 is 73.8 Å². The molecule has 4 heterocycles. The number of fused-ring (bicyclic) bond motifs is 5. The van der Waals surface area contributed by atoms with Crippen LogP contribution < -0.4 is 24.8 Å². The van der Waals surface area contributed by atoms with E-state index in [1.54, 1.807) is 33.9 Å². The first-order valence-corrected chi connectivity index (χ1v) is 20.9. The Hall–Kier alpha value is -4.40. The van der Waals surface area contributed by atoms with Gasteiger partial charge in [0.05, 0.1) is 17.9 Å². The van der Waals surface area contributed by atoms with Crippen LogP contribution in [0.1, 0.15) is 92.1 Å². The van der Waals surface area contributed by atoms with Crippen LogP contribution in [-0.4, -0.2) is 89.3 Å². The van der Waals surface area contributed by atoms with Crippen molar-refractivity contribution in [1.29, 1.82) is 0 Å². The molecule has 1 saturated heterocycles. The third-order valence-corrected chi connectivity index (χ3v) is 13.9. The van der Waals surface area contributed by atoms with E-state index in [0.717, 1.165) is 34.9 Å². The molecule has 4 amide bonds. The number of carbonyl (C=O) groups excluding carboxylic acids is 4. The van der Waals surface area contributed by atoms with Gasteiger partial charge in [0.2, 0.25) is 27.7 Å². The Labute approximate surface area is 322 Å². The molecule has 5 aliphatic rings. The quantitative estimate of drug-likeness (QED) is 0.358. The molecule has 15 heteroatoms. The molecule has 0 spiro atoms. The second-order valence-electron chi connectivity index (χ2n) is 17.4. The maximum Gasteiger partial charge on any atom is 0.408 e. The normalized spacial score (nSPS) is 31.0. The number of rotatable bonds is 6. The first kappa shape index (κ1) is 38.9. The van der Waals surface area contributed by atoms with Gasteiger partial charge >= 0.3 is 6.09 Å². The zero-order valence-electron chi connectivity index (χ0n) is 32.5. The molecule has 0 bridgehead atoms. The Balaban J connectivity index is 1.22. The van der Waals surface area contributed by atoms with Crippen molar-refractivity contribution < 1.29 is 41.8 Å². The Morgan fingerprint density at radius 2 is 1.85 bits per heavy atom. The lowest BCUT2D eigenvalue weighted by molar-refractivity contribution is -0.142. The molecule has 2 aliphatic carbocycles. The first-order valence-electron chi connectivity index (χ1n) is 19.5. The van der Waals surface area contributed by atoms with E-state index in [-0.39, 0.29) is 31.2 Å². The fraction of sp³-hybridized carbons (Fsp3) is 0.625. The summed E-state index contributed by atoms with van der Waals surface area (Å²) >= 11 is 0. The standard InChI is InChI=1S/C40H53N5O9S/c1-23-9-7-8-10-26-21-40(26,36(48)44-55(50,51)39(6)15-16-39)43-33(46)30-20-27(53-34-29-12-11-25-14-18-52-32(25)28(29)13-17-41-34)22-45(30)35(47)31(24(2)19-23)42-37(49)54-38(3,4)5/h8,10-13,17,23-24,26-27,30-31H,7,9,14-16,18-22H2,1-6H3,(H,42,49)(H,43,46)(H,44,48)/b10-8-/t23-,24+,26?,27+,30-,31-,40+/m0/s1. The molecule has 7 atom stereocenters. The lowest BCUT2D eigenvalue weighted by atomic mass is 9.88. The van der Waals surface area contributed by atoms with Gasteiger partial charge in [0.15, 0.2) is 0 Å². The molecular weight excluding hydrogens is 727 g/mol. The summed E-state index contributed by atoms with van der Waals surface area (Å²) in [5, 5.41) is 7.31. The maximum atomic E-state index is 14.8. The Kier molecular flexibility index (Phi) is 10.1. The number of aromatic nitrogens is 1. The minimum absolute atomic E-state index is 0.0134. The molecule has 1 aromatic heterocycles. The van der Waals surface area contributed by atoms with Gasteiger partial charge in [-0.15, -0.1) is 0 Å². The van der Waals surface area contributed by atoms with Gasteiger partial charge in [-0.05, 0) is 95.8 Å². The smallest absolute Gasteiger partial charge is 0.408 e. The molecule has 0 radical (unpaired) electrons. The van der Waals surface area contributed by atoms with Crippen molar-refractivity contribution in [3.8, 4) is 11.6 Å². The van der Waals surface area contributed by atoms with Crippen LogP contribution in [0.5, 0.6) is 11.6 Å². The summed E-state index contributed by atoms with van der Waals surface area (Å²) in [6.45, 7) is 11.4. The van der Waals surface area contributed by atoms with Crippen LogP contribution >= 0.6 is 0 Å². The number of ether oxygens (including phenoxy) is 3. The van der Waals surface area contributed by atoms with Crippen LogP contribution in [0.15, 0.2) is 36.5 Å². The van der Waals surface area contributed by atoms with Crippen molar-refractivity contribution in [2.24, 2.45) is 17.8 Å². The molecule has 298 valence electrons. The highest BCUT2D eigenvalue weighted by Gasteiger charge is 2.63. The molecule has 3 aliphatic heterocycles. The van der Waals surface area contributed by atoms with Crippen molar-refractivity contribution in [2.75, 3.05) is 13.2 Å². The number of nitrogens with zero attached hydrogens (tertiary/aromatic N) is 2. The number of pyridine rings is 1. The highest BCUT2D eigenvalue weighted by atomic mass is 32.2. The zero-order chi connectivity index (χ0) is 39.5. The van der Waals surface area contributed by atoms with Crippen molar-refractivity contribution in [1.82, 2.24) is 25.2 Å². The minimum Gasteiger partial charge on any atom is -0.492 e. The van der Waals surface area contributed by atoms with E-state index >= 15 is 0 Å². The van der Waals surface area contributed by atoms with E-state index in [1.807, 2.05) is 37.3 Å². The zero-order valence-corrected chi connectivity index (χ0v) is 33.3. The number of hydrogen-bond acceptors (Lipinski definition) is 10. The summed E-state index contributed by atoms with van der Waals surface area (Å²) in [6, 6.07) is 3.62. The number of nitrogens with one attached hydrogen (secondary N) is 3. The second kappa shape index (κ2) is 14.3. The van der Waals surface area contributed by atoms with Gasteiger partial charge in [0.25, 0.3) is 5.91 Å². The Morgan fingerprint density at radius 3 is 2.58 bits per heavy atom. The molecular formula is C40H53N5O9S. The lowest BCUT2D eigenvalue weighted by Crippen LogP contribution is -2.59. The minimum atomic E-state index is -3.99. The number of carbonyl (C=O) groups is 4. The summed E-state index contributed by atoms with van der Waals surface area (Å²) in [6.07, 6.45) is 8.01. The average Bonchev–Trinajstić information content (AvgIpc) is 3.88. The number of hydrogen-bond donors (Lipinski definition) is 3. The van der Waals surface area contributed by atoms with E-state index in [1.165, 1.54) is 4.90 Å². The van der Waals surface area contributed by atoms with Crippen molar-refractivity contribution in [3.63, 3.8) is 0 Å². The second-order valence-corrected chi connectivity index (χ2v) is 19.6. The summed E-state index contributed by atoms with van der Waals surface area (Å²) in [7, 11) is -3.99. The van der Waals surface area contributed by atoms with E-state index in [2.05, 4.69) is 27.3 Å². The van der Waals surface area contributed by atoms with Crippen LogP contribution in [0, 0.1) is 17.8 Å². The van der Waals surface area contributed by atoms with Crippen LogP contribution in [0.25, 0.3) is 10.8 Å². The van der Waals surface area contributed by atoms with Crippen LogP contribution in [0.2, 0.25) is 0 Å². The van der Waals surface area contributed by atoms with Crippen LogP contribution in [-0.2, 0) is 35.6 Å². The van der Waals surface area contributed by atoms with Gasteiger partial charge in [0.1, 0.15) is 35.1 Å². The lowest BCUT2D eigenvalue weighted by Gasteiger charge is -2.33. The fourth-order valence-corrected chi connectivity index (χ4v) is 9.47. The molecule has 14 nitrogen and oxygen atoms in total. The van der Waals surface area contributed by atoms with Crippen LogP contribution in [0.3, 0.4) is 0 Å². The topological polar surface area (TPSA) is 182 Å². The van der Waals surface area contributed by atoms with Gasteiger partial charge in [-0.25, -0.2) is 18.2 Å². The highest BCUT2D eigenvalue weighted by Crippen LogP contribution is 2.48. The highest BCUT2D eigenvalue weighted by molar-refractivity contribution is 7.91. The average molecular weight is 780 g/mol. The van der Waals surface area contributed by atoms with Gasteiger partial charge < -0.3 is 29.7 Å². The van der Waals surface area contributed by atoms with Gasteiger partial charge in [-0.1, -0.05) is 32.1 Å². The SMILES string of the molecule is C[C@H]1CC/C=C\C2C[C@@]2(C(=O)NS(=O)(=O)C2(C)CC2)NC(=O)[C@@H]2C[C@@H](Oc3nccc4c5c(ccc34)CCO5)CN2C(=O)[C@@H](NC(=O)OC(C)(C)C)[C@H](C)C1. The summed E-state index contributed by atoms with van der Waals surface area (Å²) in [4.78, 5) is 62.4. The molecule has 3 fully saturated rings. The summed E-state index contributed by atoms with van der Waals surface area (Å²) < 4.78 is 45.6. The monoisotopic (exact) mass is 779 g/mol. The molecule has 1 unspecified atom stereocenters. The Morgan fingerprint density at radius 1 is 1.09 bits per heavy atom. The summed E-state index contributed by atoms with van der Waals surface area (Å²) in [5.41, 5.74) is -1.25. The first-order chi connectivity index (χ1) is 25.9. The van der Waals surface area contributed by atoms with E-state index in [9.17, 15) is 27.6 Å². The molecule has 2 saturated carbocycles. The molecule has 7 rings (SSSR count). The molecule has 55 heavy (non-hydrogen) atoms. The van der Waals surface area contributed by atoms with Crippen molar-refractivity contribution in [2.45, 2.75) is 127 Å². The van der Waals surface area contributed by atoms with Crippen LogP contribution in [0.4, 0.5) is 4.79 Å². The molecule has 2 aromatic rings. The molecule has 1 aromatic carbocycles. The van der Waals surface area contributed by atoms with E-state index in [4.69, 9.17) is 14.2 Å². The third-order valence-electron chi connectivity index (χ3n) is 11.8. The van der Waals surface area contributed by atoms with Crippen molar-refractivity contribution in [3.05, 3.63) is 42.1 Å². The Bertz CT molecular complexity index is 2030. The number of sulfonamides is 1. The number of alkyl carbamates (subject to hydrolysis) is 1. The number of allylic oxidation sites excluding steroid dienone is 1. The fourth-order valence-electron chi connectivity index (χ4n) is 8.16. The number of amides is 4.